The Bertz CT molecular complexity index is 835. The molecule has 0 bridgehead atoms. The van der Waals surface area contributed by atoms with E-state index in [2.05, 4.69) is 44.8 Å². The van der Waals surface area contributed by atoms with Crippen LogP contribution in [0.4, 0.5) is 0 Å². The van der Waals surface area contributed by atoms with E-state index < -0.39 is 0 Å². The first-order chi connectivity index (χ1) is 16.3. The molecule has 1 saturated heterocycles. The van der Waals surface area contributed by atoms with Gasteiger partial charge in [-0.15, -0.1) is 0 Å². The number of nitrogens with zero attached hydrogens (tertiary/aromatic N) is 3. The summed E-state index contributed by atoms with van der Waals surface area (Å²) < 4.78 is 0. The second-order valence-electron chi connectivity index (χ2n) is 9.48. The Morgan fingerprint density at radius 2 is 1.73 bits per heavy atom. The van der Waals surface area contributed by atoms with E-state index in [-0.39, 0.29) is 5.91 Å². The number of rotatable bonds is 11. The highest BCUT2D eigenvalue weighted by molar-refractivity contribution is 5.79. The molecule has 0 unspecified atom stereocenters. The monoisotopic (exact) mass is 449 g/mol. The molecule has 2 aromatic rings. The minimum atomic E-state index is 0.199. The lowest BCUT2D eigenvalue weighted by Crippen LogP contribution is -2.49. The van der Waals surface area contributed by atoms with Crippen molar-refractivity contribution in [1.29, 1.82) is 0 Å². The lowest BCUT2D eigenvalue weighted by atomic mass is 9.95. The summed E-state index contributed by atoms with van der Waals surface area (Å²) in [4.78, 5) is 21.2. The number of hydrogen-bond acceptors (Lipinski definition) is 5. The van der Waals surface area contributed by atoms with Crippen LogP contribution in [0.1, 0.15) is 55.3 Å². The molecule has 4 rings (SSSR count). The summed E-state index contributed by atoms with van der Waals surface area (Å²) in [5.74, 6) is 0.199. The van der Waals surface area contributed by atoms with Gasteiger partial charge in [-0.25, -0.2) is 0 Å². The molecule has 1 aromatic carbocycles. The first-order valence-electron chi connectivity index (χ1n) is 12.7. The molecule has 2 N–H and O–H groups in total. The summed E-state index contributed by atoms with van der Waals surface area (Å²) in [7, 11) is 0. The Kier molecular flexibility index (Phi) is 9.27. The molecule has 1 aromatic heterocycles. The van der Waals surface area contributed by atoms with Crippen molar-refractivity contribution < 1.29 is 4.79 Å². The van der Waals surface area contributed by atoms with E-state index in [0.717, 1.165) is 51.0 Å². The number of amides is 1. The van der Waals surface area contributed by atoms with Gasteiger partial charge in [0.2, 0.25) is 5.91 Å². The van der Waals surface area contributed by atoms with Gasteiger partial charge in [-0.2, -0.15) is 0 Å². The molecule has 2 aliphatic rings. The molecule has 1 saturated carbocycles. The summed E-state index contributed by atoms with van der Waals surface area (Å²) in [5, 5.41) is 7.26. The van der Waals surface area contributed by atoms with Crippen molar-refractivity contribution >= 4 is 5.91 Å². The van der Waals surface area contributed by atoms with Crippen molar-refractivity contribution in [1.82, 2.24) is 25.4 Å². The minimum absolute atomic E-state index is 0.199. The molecular weight excluding hydrogens is 410 g/mol. The number of piperazine rings is 1. The molecule has 0 spiro atoms. The van der Waals surface area contributed by atoms with Gasteiger partial charge in [-0.3, -0.25) is 14.7 Å². The highest BCUT2D eigenvalue weighted by Gasteiger charge is 2.24. The van der Waals surface area contributed by atoms with Gasteiger partial charge in [0, 0.05) is 45.0 Å². The summed E-state index contributed by atoms with van der Waals surface area (Å²) in [5.41, 5.74) is 3.51. The van der Waals surface area contributed by atoms with Gasteiger partial charge in [0.05, 0.1) is 12.2 Å². The summed E-state index contributed by atoms with van der Waals surface area (Å²) in [6, 6.07) is 15.4. The van der Waals surface area contributed by atoms with Crippen molar-refractivity contribution in [2.24, 2.45) is 0 Å². The van der Waals surface area contributed by atoms with Crippen LogP contribution in [0.2, 0.25) is 0 Å². The van der Waals surface area contributed by atoms with Crippen LogP contribution in [-0.2, 0) is 24.4 Å². The quantitative estimate of drug-likeness (QED) is 0.516. The van der Waals surface area contributed by atoms with Gasteiger partial charge < -0.3 is 15.5 Å². The fourth-order valence-electron chi connectivity index (χ4n) is 4.82. The normalized spacial score (nSPS) is 18.1. The van der Waals surface area contributed by atoms with Crippen LogP contribution >= 0.6 is 0 Å². The third kappa shape index (κ3) is 7.91. The number of nitrogens with one attached hydrogen (secondary N) is 2. The van der Waals surface area contributed by atoms with Gasteiger partial charge in [-0.1, -0.05) is 49.6 Å². The summed E-state index contributed by atoms with van der Waals surface area (Å²) in [6.07, 6.45) is 9.88. The molecule has 33 heavy (non-hydrogen) atoms. The minimum Gasteiger partial charge on any atom is -0.336 e. The van der Waals surface area contributed by atoms with Gasteiger partial charge in [0.1, 0.15) is 0 Å². The molecular formula is C27H39N5O. The predicted molar refractivity (Wildman–Crippen MR) is 133 cm³/mol. The van der Waals surface area contributed by atoms with Crippen LogP contribution < -0.4 is 10.6 Å². The van der Waals surface area contributed by atoms with Crippen LogP contribution in [0.3, 0.4) is 0 Å². The van der Waals surface area contributed by atoms with E-state index in [1.54, 1.807) is 0 Å². The molecule has 0 radical (unpaired) electrons. The predicted octanol–water partition coefficient (Wildman–Crippen LogP) is 3.33. The second-order valence-corrected chi connectivity index (χ2v) is 9.48. The highest BCUT2D eigenvalue weighted by Crippen LogP contribution is 2.17. The smallest absolute Gasteiger partial charge is 0.237 e. The zero-order valence-electron chi connectivity index (χ0n) is 19.8. The van der Waals surface area contributed by atoms with E-state index in [1.165, 1.54) is 49.7 Å². The molecule has 1 amide bonds. The number of benzene rings is 1. The maximum atomic E-state index is 12.6. The van der Waals surface area contributed by atoms with Crippen molar-refractivity contribution in [3.05, 3.63) is 65.5 Å². The lowest BCUT2D eigenvalue weighted by molar-refractivity contribution is -0.136. The zero-order chi connectivity index (χ0) is 22.7. The van der Waals surface area contributed by atoms with Crippen molar-refractivity contribution in [3.63, 3.8) is 0 Å². The Labute approximate surface area is 198 Å². The fourth-order valence-corrected chi connectivity index (χ4v) is 4.82. The van der Waals surface area contributed by atoms with Crippen molar-refractivity contribution in [2.75, 3.05) is 32.7 Å². The number of aromatic nitrogens is 1. The molecule has 6 heteroatoms. The number of pyridine rings is 1. The average Bonchev–Trinajstić information content (AvgIpc) is 2.85. The molecule has 1 aliphatic carbocycles. The lowest BCUT2D eigenvalue weighted by Gasteiger charge is -2.34. The first kappa shape index (κ1) is 23.9. The SMILES string of the molecule is O=C1CN(Cc2ccccn2)CCN1Cc1ccc(CNCCCNC2CCCCC2)cc1. The summed E-state index contributed by atoms with van der Waals surface area (Å²) in [6.45, 7) is 6.60. The molecule has 2 fully saturated rings. The fraction of sp³-hybridized carbons (Fsp3) is 0.556. The van der Waals surface area contributed by atoms with Crippen LogP contribution in [-0.4, -0.2) is 59.5 Å². The highest BCUT2D eigenvalue weighted by atomic mass is 16.2. The van der Waals surface area contributed by atoms with Crippen LogP contribution in [0.15, 0.2) is 48.7 Å². The van der Waals surface area contributed by atoms with Gasteiger partial charge in [0.25, 0.3) is 0 Å². The van der Waals surface area contributed by atoms with E-state index in [9.17, 15) is 4.79 Å². The average molecular weight is 450 g/mol. The van der Waals surface area contributed by atoms with Crippen molar-refractivity contribution in [2.45, 2.75) is 64.2 Å². The summed E-state index contributed by atoms with van der Waals surface area (Å²) >= 11 is 0. The number of hydrogen-bond donors (Lipinski definition) is 2. The van der Waals surface area contributed by atoms with E-state index >= 15 is 0 Å². The van der Waals surface area contributed by atoms with E-state index in [1.807, 2.05) is 29.3 Å². The first-order valence-corrected chi connectivity index (χ1v) is 12.7. The molecule has 1 aliphatic heterocycles. The standard InChI is InChI=1S/C27H39N5O/c33-27-22-31(21-26-9-4-5-15-30-26)17-18-32(27)20-24-12-10-23(11-13-24)19-28-14-6-16-29-25-7-2-1-3-8-25/h4-5,9-13,15,25,28-29H,1-3,6-8,14,16-22H2. The molecule has 6 nitrogen and oxygen atoms in total. The van der Waals surface area contributed by atoms with Crippen LogP contribution in [0.5, 0.6) is 0 Å². The maximum absolute atomic E-state index is 12.6. The number of carbonyl (C=O) groups is 1. The van der Waals surface area contributed by atoms with Gasteiger partial charge >= 0.3 is 0 Å². The third-order valence-corrected chi connectivity index (χ3v) is 6.80. The maximum Gasteiger partial charge on any atom is 0.237 e. The zero-order valence-corrected chi connectivity index (χ0v) is 19.8. The van der Waals surface area contributed by atoms with E-state index in [4.69, 9.17) is 0 Å². The Morgan fingerprint density at radius 1 is 0.909 bits per heavy atom. The Balaban J connectivity index is 1.11. The Hall–Kier alpha value is -2.28. The second kappa shape index (κ2) is 12.8. The topological polar surface area (TPSA) is 60.5 Å². The Morgan fingerprint density at radius 3 is 2.48 bits per heavy atom. The van der Waals surface area contributed by atoms with Crippen LogP contribution in [0, 0.1) is 0 Å². The van der Waals surface area contributed by atoms with Gasteiger partial charge in [-0.05, 0) is 55.6 Å². The van der Waals surface area contributed by atoms with Crippen LogP contribution in [0.25, 0.3) is 0 Å². The van der Waals surface area contributed by atoms with Crippen molar-refractivity contribution in [3.8, 4) is 0 Å². The largest absolute Gasteiger partial charge is 0.336 e. The molecule has 178 valence electrons. The number of carbonyl (C=O) groups excluding carboxylic acids is 1. The molecule has 2 heterocycles. The van der Waals surface area contributed by atoms with E-state index in [0.29, 0.717) is 13.1 Å². The third-order valence-electron chi connectivity index (χ3n) is 6.80. The molecule has 0 atom stereocenters. The van der Waals surface area contributed by atoms with Gasteiger partial charge in [0.15, 0.2) is 0 Å².